The number of pyridine rings is 1. The van der Waals surface area contributed by atoms with Crippen molar-refractivity contribution in [3.8, 4) is 0 Å². The third-order valence-electron chi connectivity index (χ3n) is 5.22. The van der Waals surface area contributed by atoms with Gasteiger partial charge in [-0.2, -0.15) is 4.31 Å². The number of hydrogen-bond acceptors (Lipinski definition) is 7. The molecule has 11 heteroatoms. The first-order valence-electron chi connectivity index (χ1n) is 9.98. The van der Waals surface area contributed by atoms with E-state index in [2.05, 4.69) is 20.5 Å². The summed E-state index contributed by atoms with van der Waals surface area (Å²) in [5, 5.41) is 12.2. The highest BCUT2D eigenvalue weighted by Crippen LogP contribution is 2.31. The Morgan fingerprint density at radius 3 is 2.31 bits per heavy atom. The van der Waals surface area contributed by atoms with Crippen LogP contribution in [0.25, 0.3) is 0 Å². The molecule has 1 fully saturated rings. The van der Waals surface area contributed by atoms with Crippen molar-refractivity contribution >= 4 is 50.7 Å². The van der Waals surface area contributed by atoms with Crippen molar-refractivity contribution in [1.29, 1.82) is 0 Å². The van der Waals surface area contributed by atoms with E-state index in [0.717, 1.165) is 5.56 Å². The summed E-state index contributed by atoms with van der Waals surface area (Å²) in [6, 6.07) is 10.5. The lowest BCUT2D eigenvalue weighted by molar-refractivity contribution is 0.383. The molecule has 0 atom stereocenters. The first-order valence-corrected chi connectivity index (χ1v) is 12.2. The predicted octanol–water partition coefficient (Wildman–Crippen LogP) is 4.05. The lowest BCUT2D eigenvalue weighted by Gasteiger charge is -2.34. The van der Waals surface area contributed by atoms with Crippen LogP contribution in [0, 0.1) is 13.8 Å². The Morgan fingerprint density at radius 2 is 1.66 bits per heavy atom. The van der Waals surface area contributed by atoms with Gasteiger partial charge in [-0.15, -0.1) is 10.2 Å². The van der Waals surface area contributed by atoms with Gasteiger partial charge in [0, 0.05) is 37.4 Å². The maximum absolute atomic E-state index is 13.1. The zero-order valence-corrected chi connectivity index (χ0v) is 19.9. The van der Waals surface area contributed by atoms with Crippen molar-refractivity contribution in [2.45, 2.75) is 18.7 Å². The fraction of sp³-hybridized carbons (Fsp3) is 0.286. The van der Waals surface area contributed by atoms with Crippen LogP contribution >= 0.6 is 23.2 Å². The van der Waals surface area contributed by atoms with E-state index >= 15 is 0 Å². The van der Waals surface area contributed by atoms with Crippen LogP contribution < -0.4 is 10.2 Å². The minimum atomic E-state index is -3.72. The Morgan fingerprint density at radius 1 is 0.906 bits per heavy atom. The summed E-state index contributed by atoms with van der Waals surface area (Å²) < 4.78 is 27.6. The van der Waals surface area contributed by atoms with Crippen LogP contribution in [-0.2, 0) is 10.0 Å². The van der Waals surface area contributed by atoms with Crippen molar-refractivity contribution in [2.24, 2.45) is 0 Å². The number of nitrogens with zero attached hydrogens (tertiary/aromatic N) is 5. The second-order valence-corrected chi connectivity index (χ2v) is 10.3. The Balaban J connectivity index is 1.42. The smallest absolute Gasteiger partial charge is 0.244 e. The number of benzene rings is 1. The Kier molecular flexibility index (Phi) is 6.52. The average Bonchev–Trinajstić information content (AvgIpc) is 2.77. The van der Waals surface area contributed by atoms with Gasteiger partial charge in [-0.25, -0.2) is 13.4 Å². The van der Waals surface area contributed by atoms with E-state index < -0.39 is 10.0 Å². The van der Waals surface area contributed by atoms with Crippen molar-refractivity contribution in [1.82, 2.24) is 19.5 Å². The van der Waals surface area contributed by atoms with E-state index in [4.69, 9.17) is 23.2 Å². The molecule has 3 aromatic rings. The molecule has 2 aromatic heterocycles. The number of anilines is 3. The molecule has 32 heavy (non-hydrogen) atoms. The van der Waals surface area contributed by atoms with Crippen LogP contribution in [0.3, 0.4) is 0 Å². The largest absolute Gasteiger partial charge is 0.352 e. The van der Waals surface area contributed by atoms with E-state index in [1.807, 2.05) is 36.1 Å². The number of aryl methyl sites for hydroxylation is 2. The molecule has 0 amide bonds. The third kappa shape index (κ3) is 4.80. The Bertz CT molecular complexity index is 1230. The van der Waals surface area contributed by atoms with E-state index in [0.29, 0.717) is 54.2 Å². The van der Waals surface area contributed by atoms with Gasteiger partial charge < -0.3 is 10.2 Å². The summed E-state index contributed by atoms with van der Waals surface area (Å²) in [4.78, 5) is 6.33. The highest BCUT2D eigenvalue weighted by Gasteiger charge is 2.31. The lowest BCUT2D eigenvalue weighted by Crippen LogP contribution is -2.49. The second-order valence-electron chi connectivity index (χ2n) is 7.54. The molecular formula is C21H22Cl2N6O2S. The molecule has 0 radical (unpaired) electrons. The summed E-state index contributed by atoms with van der Waals surface area (Å²) in [6.07, 6.45) is 1.73. The van der Waals surface area contributed by atoms with Crippen LogP contribution in [0.5, 0.6) is 0 Å². The van der Waals surface area contributed by atoms with Gasteiger partial charge in [0.1, 0.15) is 10.7 Å². The van der Waals surface area contributed by atoms with Gasteiger partial charge in [0.25, 0.3) is 0 Å². The molecule has 0 spiro atoms. The Hall–Kier alpha value is -2.46. The number of piperazine rings is 1. The quantitative estimate of drug-likeness (QED) is 0.574. The number of hydrogen-bond donors (Lipinski definition) is 1. The molecule has 0 bridgehead atoms. The van der Waals surface area contributed by atoms with Crippen LogP contribution in [0.4, 0.5) is 17.5 Å². The van der Waals surface area contributed by atoms with E-state index in [1.54, 1.807) is 13.1 Å². The van der Waals surface area contributed by atoms with Crippen molar-refractivity contribution in [2.75, 3.05) is 36.4 Å². The van der Waals surface area contributed by atoms with Crippen molar-refractivity contribution < 1.29 is 8.42 Å². The maximum atomic E-state index is 13.1. The number of rotatable bonds is 5. The summed E-state index contributed by atoms with van der Waals surface area (Å²) in [5.74, 6) is 1.97. The molecule has 0 unspecified atom stereocenters. The first kappa shape index (κ1) is 22.7. The van der Waals surface area contributed by atoms with Crippen molar-refractivity contribution in [3.05, 3.63) is 63.8 Å². The molecule has 3 heterocycles. The van der Waals surface area contributed by atoms with Crippen LogP contribution in [0.1, 0.15) is 11.1 Å². The topological polar surface area (TPSA) is 91.3 Å². The average molecular weight is 493 g/mol. The molecule has 0 saturated carbocycles. The van der Waals surface area contributed by atoms with Gasteiger partial charge in [0.2, 0.25) is 10.0 Å². The highest BCUT2D eigenvalue weighted by molar-refractivity contribution is 7.89. The predicted molar refractivity (Wildman–Crippen MR) is 126 cm³/mol. The molecule has 1 aliphatic rings. The minimum absolute atomic E-state index is 0.0782. The summed E-state index contributed by atoms with van der Waals surface area (Å²) >= 11 is 12.2. The Labute approximate surface area is 197 Å². The van der Waals surface area contributed by atoms with Gasteiger partial charge in [-0.1, -0.05) is 23.2 Å². The molecule has 0 aliphatic carbocycles. The van der Waals surface area contributed by atoms with Crippen LogP contribution in [0.15, 0.2) is 47.5 Å². The standard InChI is InChI=1S/C21H22Cl2N6O2S/c1-14-5-6-24-20(11-14)25-19-3-4-21(27-26-19)28-7-9-29(10-8-28)32(30,31)18-12-15(2)16(22)13-17(18)23/h3-6,11-13H,7-10H2,1-2H3,(H,24,25,26). The van der Waals surface area contributed by atoms with Gasteiger partial charge >= 0.3 is 0 Å². The van der Waals surface area contributed by atoms with E-state index in [1.165, 1.54) is 16.4 Å². The van der Waals surface area contributed by atoms with Gasteiger partial charge in [0.15, 0.2) is 11.6 Å². The number of aromatic nitrogens is 3. The van der Waals surface area contributed by atoms with Crippen LogP contribution in [0.2, 0.25) is 10.0 Å². The number of halogens is 2. The first-order chi connectivity index (χ1) is 15.2. The van der Waals surface area contributed by atoms with E-state index in [-0.39, 0.29) is 9.92 Å². The minimum Gasteiger partial charge on any atom is -0.352 e. The zero-order valence-electron chi connectivity index (χ0n) is 17.6. The second kappa shape index (κ2) is 9.19. The fourth-order valence-corrected chi connectivity index (χ4v) is 5.65. The molecule has 1 aromatic carbocycles. The van der Waals surface area contributed by atoms with Gasteiger partial charge in [-0.3, -0.25) is 0 Å². The number of nitrogens with one attached hydrogen (secondary N) is 1. The van der Waals surface area contributed by atoms with Crippen molar-refractivity contribution in [3.63, 3.8) is 0 Å². The molecular weight excluding hydrogens is 471 g/mol. The fourth-order valence-electron chi connectivity index (χ4n) is 3.42. The van der Waals surface area contributed by atoms with E-state index in [9.17, 15) is 8.42 Å². The van der Waals surface area contributed by atoms with Gasteiger partial charge in [-0.05, 0) is 61.4 Å². The number of sulfonamides is 1. The third-order valence-corrected chi connectivity index (χ3v) is 7.99. The molecule has 8 nitrogen and oxygen atoms in total. The molecule has 1 aliphatic heterocycles. The highest BCUT2D eigenvalue weighted by atomic mass is 35.5. The normalized spacial score (nSPS) is 15.1. The lowest BCUT2D eigenvalue weighted by atomic mass is 10.2. The maximum Gasteiger partial charge on any atom is 0.244 e. The monoisotopic (exact) mass is 492 g/mol. The molecule has 4 rings (SSSR count). The molecule has 168 valence electrons. The summed E-state index contributed by atoms with van der Waals surface area (Å²) in [7, 11) is -3.72. The molecule has 1 N–H and O–H groups in total. The zero-order chi connectivity index (χ0) is 22.9. The summed E-state index contributed by atoms with van der Waals surface area (Å²) in [5.41, 5.74) is 1.76. The summed E-state index contributed by atoms with van der Waals surface area (Å²) in [6.45, 7) is 5.35. The molecule has 1 saturated heterocycles. The SMILES string of the molecule is Cc1ccnc(Nc2ccc(N3CCN(S(=O)(=O)c4cc(C)c(Cl)cc4Cl)CC3)nn2)c1. The van der Waals surface area contributed by atoms with Gasteiger partial charge in [0.05, 0.1) is 5.02 Å². The van der Waals surface area contributed by atoms with Crippen LogP contribution in [-0.4, -0.2) is 54.1 Å².